The summed E-state index contributed by atoms with van der Waals surface area (Å²) < 4.78 is 5.20. The van der Waals surface area contributed by atoms with Crippen LogP contribution >= 0.6 is 7.94 Å². The predicted molar refractivity (Wildman–Crippen MR) is 67.1 cm³/mol. The van der Waals surface area contributed by atoms with E-state index in [4.69, 9.17) is 4.52 Å². The Hall–Kier alpha value is 0.310. The van der Waals surface area contributed by atoms with Gasteiger partial charge in [0.05, 0.1) is 0 Å². The van der Waals surface area contributed by atoms with E-state index in [1.807, 2.05) is 13.8 Å². The molecular formula is C11H27O3P. The summed E-state index contributed by atoms with van der Waals surface area (Å²) in [5.41, 5.74) is 0. The summed E-state index contributed by atoms with van der Waals surface area (Å²) in [4.78, 5) is 19.5. The van der Waals surface area contributed by atoms with E-state index in [0.29, 0.717) is 12.1 Å². The Morgan fingerprint density at radius 2 is 1.80 bits per heavy atom. The van der Waals surface area contributed by atoms with Crippen LogP contribution in [0.4, 0.5) is 0 Å². The Labute approximate surface area is 94.4 Å². The first-order chi connectivity index (χ1) is 6.91. The third-order valence-corrected chi connectivity index (χ3v) is 4.48. The Kier molecular flexibility index (Phi) is 7.72. The molecule has 0 aromatic heterocycles. The second-order valence-corrected chi connectivity index (χ2v) is 6.66. The quantitative estimate of drug-likeness (QED) is 0.639. The van der Waals surface area contributed by atoms with E-state index in [9.17, 15) is 9.79 Å². The van der Waals surface area contributed by atoms with E-state index < -0.39 is 7.94 Å². The molecule has 0 aliphatic rings. The zero-order valence-corrected chi connectivity index (χ0v) is 11.5. The second kappa shape index (κ2) is 7.56. The molecule has 0 saturated carbocycles. The summed E-state index contributed by atoms with van der Waals surface area (Å²) in [5.74, 6) is 0.394. The van der Waals surface area contributed by atoms with E-state index in [1.54, 1.807) is 0 Å². The van der Waals surface area contributed by atoms with Crippen LogP contribution in [-0.2, 0) is 4.52 Å². The monoisotopic (exact) mass is 238 g/mol. The molecule has 1 atom stereocenters. The summed E-state index contributed by atoms with van der Waals surface area (Å²) in [6, 6.07) is 0. The van der Waals surface area contributed by atoms with Crippen LogP contribution in [0.15, 0.2) is 0 Å². The van der Waals surface area contributed by atoms with Crippen molar-refractivity contribution in [1.29, 1.82) is 0 Å². The van der Waals surface area contributed by atoms with E-state index in [0.717, 1.165) is 25.7 Å². The molecule has 0 heterocycles. The van der Waals surface area contributed by atoms with Gasteiger partial charge in [-0.25, -0.2) is 0 Å². The van der Waals surface area contributed by atoms with Gasteiger partial charge in [-0.05, 0) is 0 Å². The molecule has 0 aromatic carbocycles. The number of rotatable bonds is 8. The van der Waals surface area contributed by atoms with Gasteiger partial charge >= 0.3 is 93.8 Å². The van der Waals surface area contributed by atoms with Gasteiger partial charge in [-0.1, -0.05) is 0 Å². The van der Waals surface area contributed by atoms with Crippen molar-refractivity contribution < 1.29 is 14.3 Å². The fourth-order valence-corrected chi connectivity index (χ4v) is 3.84. The average molecular weight is 238 g/mol. The van der Waals surface area contributed by atoms with Gasteiger partial charge in [0.15, 0.2) is 0 Å². The zero-order chi connectivity index (χ0) is 11.9. The number of hydrogen-bond donors (Lipinski definition) is 2. The van der Waals surface area contributed by atoms with Crippen molar-refractivity contribution >= 4 is 7.94 Å². The molecule has 94 valence electrons. The second-order valence-electron chi connectivity index (χ2n) is 4.53. The van der Waals surface area contributed by atoms with Gasteiger partial charge in [-0.2, -0.15) is 0 Å². The minimum atomic E-state index is -3.40. The van der Waals surface area contributed by atoms with Crippen LogP contribution in [0.3, 0.4) is 0 Å². The molecule has 0 rings (SSSR count). The molecular weight excluding hydrogens is 211 g/mol. The van der Waals surface area contributed by atoms with Crippen molar-refractivity contribution in [3.05, 3.63) is 0 Å². The Morgan fingerprint density at radius 3 is 2.20 bits per heavy atom. The van der Waals surface area contributed by atoms with Crippen LogP contribution in [0.25, 0.3) is 0 Å². The predicted octanol–water partition coefficient (Wildman–Crippen LogP) is 3.11. The Morgan fingerprint density at radius 1 is 1.20 bits per heavy atom. The number of unbranched alkanes of at least 4 members (excludes halogenated alkanes) is 1. The molecule has 0 aromatic rings. The van der Waals surface area contributed by atoms with Crippen LogP contribution in [0.1, 0.15) is 53.4 Å². The van der Waals surface area contributed by atoms with Crippen LogP contribution < -0.4 is 0 Å². The molecule has 0 amide bonds. The molecule has 0 spiro atoms. The maximum absolute atomic E-state index is 9.76. The summed E-state index contributed by atoms with van der Waals surface area (Å²) in [5, 5.41) is 0. The molecule has 0 bridgehead atoms. The molecule has 0 saturated heterocycles. The van der Waals surface area contributed by atoms with Crippen molar-refractivity contribution in [1.82, 2.24) is 0 Å². The Balaban J connectivity index is 4.02. The van der Waals surface area contributed by atoms with Crippen LogP contribution in [0.2, 0.25) is 0 Å². The van der Waals surface area contributed by atoms with Gasteiger partial charge < -0.3 is 0 Å². The molecule has 1 unspecified atom stereocenters. The van der Waals surface area contributed by atoms with Crippen LogP contribution in [0, 0.1) is 5.92 Å². The van der Waals surface area contributed by atoms with E-state index >= 15 is 0 Å². The normalized spacial score (nSPS) is 15.7. The van der Waals surface area contributed by atoms with Crippen molar-refractivity contribution in [2.75, 3.05) is 6.16 Å². The summed E-state index contributed by atoms with van der Waals surface area (Å²) in [7, 11) is -3.40. The van der Waals surface area contributed by atoms with Crippen LogP contribution in [0.5, 0.6) is 0 Å². The SMILES string of the molecule is CCCCC(CC)C[PH](O)(O)OC(C)C. The van der Waals surface area contributed by atoms with E-state index in [2.05, 4.69) is 13.8 Å². The topological polar surface area (TPSA) is 49.7 Å². The minimum absolute atomic E-state index is 0.102. The fourth-order valence-electron chi connectivity index (χ4n) is 1.74. The molecule has 0 aliphatic carbocycles. The third-order valence-electron chi connectivity index (χ3n) is 2.52. The van der Waals surface area contributed by atoms with Gasteiger partial charge in [-0.15, -0.1) is 0 Å². The van der Waals surface area contributed by atoms with Crippen molar-refractivity contribution in [2.45, 2.75) is 59.5 Å². The van der Waals surface area contributed by atoms with Crippen molar-refractivity contribution in [2.24, 2.45) is 5.92 Å². The summed E-state index contributed by atoms with van der Waals surface area (Å²) in [6.45, 7) is 7.92. The van der Waals surface area contributed by atoms with Crippen LogP contribution in [-0.4, -0.2) is 22.1 Å². The maximum atomic E-state index is 9.76. The molecule has 2 N–H and O–H groups in total. The third kappa shape index (κ3) is 8.15. The average Bonchev–Trinajstić information content (AvgIpc) is 2.09. The number of hydrogen-bond acceptors (Lipinski definition) is 3. The Bertz CT molecular complexity index is 160. The summed E-state index contributed by atoms with van der Waals surface area (Å²) >= 11 is 0. The first kappa shape index (κ1) is 15.3. The fraction of sp³-hybridized carbons (Fsp3) is 1.00. The van der Waals surface area contributed by atoms with Crippen molar-refractivity contribution in [3.8, 4) is 0 Å². The molecule has 0 aliphatic heterocycles. The van der Waals surface area contributed by atoms with Gasteiger partial charge in [-0.3, -0.25) is 0 Å². The molecule has 15 heavy (non-hydrogen) atoms. The summed E-state index contributed by atoms with van der Waals surface area (Å²) in [6.07, 6.45) is 4.73. The zero-order valence-electron chi connectivity index (χ0n) is 10.5. The van der Waals surface area contributed by atoms with Gasteiger partial charge in [0, 0.05) is 0 Å². The first-order valence-corrected chi connectivity index (χ1v) is 8.04. The van der Waals surface area contributed by atoms with Crippen molar-refractivity contribution in [3.63, 3.8) is 0 Å². The molecule has 0 fully saturated rings. The first-order valence-electron chi connectivity index (χ1n) is 6.03. The van der Waals surface area contributed by atoms with Gasteiger partial charge in [0.25, 0.3) is 0 Å². The molecule has 0 radical (unpaired) electrons. The standard InChI is InChI=1S/C11H27O3P/c1-5-7-8-11(6-2)9-15(12,13)14-10(3)4/h10-13,15H,5-9H2,1-4H3. The molecule has 3 nitrogen and oxygen atoms in total. The van der Waals surface area contributed by atoms with Gasteiger partial charge in [0.1, 0.15) is 0 Å². The van der Waals surface area contributed by atoms with E-state index in [-0.39, 0.29) is 6.10 Å². The van der Waals surface area contributed by atoms with E-state index in [1.165, 1.54) is 0 Å². The van der Waals surface area contributed by atoms with Gasteiger partial charge in [0.2, 0.25) is 0 Å². The molecule has 4 heteroatoms.